The molecule has 0 saturated heterocycles. The van der Waals surface area contributed by atoms with Crippen molar-refractivity contribution in [3.05, 3.63) is 63.7 Å². The van der Waals surface area contributed by atoms with Gasteiger partial charge in [0, 0.05) is 5.56 Å². The Morgan fingerprint density at radius 3 is 2.31 bits per heavy atom. The van der Waals surface area contributed by atoms with Crippen LogP contribution in [0.2, 0.25) is 0 Å². The molecule has 0 atom stereocenters. The van der Waals surface area contributed by atoms with E-state index in [9.17, 15) is 4.79 Å². The number of hydrogen-bond acceptors (Lipinski definition) is 4. The summed E-state index contributed by atoms with van der Waals surface area (Å²) in [5, 5.41) is 10.7. The number of nitrogens with zero attached hydrogens (tertiary/aromatic N) is 2. The molecule has 0 spiro atoms. The third-order valence-corrected chi connectivity index (χ3v) is 4.47. The zero-order valence-corrected chi connectivity index (χ0v) is 15.8. The van der Waals surface area contributed by atoms with Crippen LogP contribution in [-0.2, 0) is 11.2 Å². The number of anilines is 1. The van der Waals surface area contributed by atoms with Crippen molar-refractivity contribution in [1.82, 2.24) is 10.2 Å². The van der Waals surface area contributed by atoms with Crippen molar-refractivity contribution >= 4 is 11.9 Å². The number of aryl methyl sites for hydroxylation is 5. The first-order valence-electron chi connectivity index (χ1n) is 8.61. The predicted octanol–water partition coefficient (Wildman–Crippen LogP) is 4.46. The van der Waals surface area contributed by atoms with E-state index in [0.717, 1.165) is 33.4 Å². The molecule has 2 aromatic carbocycles. The van der Waals surface area contributed by atoms with Gasteiger partial charge in [-0.1, -0.05) is 40.5 Å². The van der Waals surface area contributed by atoms with Gasteiger partial charge in [-0.2, -0.15) is 0 Å². The van der Waals surface area contributed by atoms with Crippen molar-refractivity contribution in [2.24, 2.45) is 0 Å². The summed E-state index contributed by atoms with van der Waals surface area (Å²) < 4.78 is 5.64. The highest BCUT2D eigenvalue weighted by Gasteiger charge is 2.15. The van der Waals surface area contributed by atoms with Crippen LogP contribution in [0.25, 0.3) is 11.5 Å². The standard InChI is InChI=1S/C21H23N3O2/c1-12-6-7-14(3)18(10-12)20-23-24-21(26-20)22-19(25)11-17-15(4)8-13(2)9-16(17)5/h6-10H,11H2,1-5H3,(H,22,24,25). The highest BCUT2D eigenvalue weighted by molar-refractivity contribution is 5.90. The van der Waals surface area contributed by atoms with Gasteiger partial charge in [-0.15, -0.1) is 5.10 Å². The fourth-order valence-corrected chi connectivity index (χ4v) is 3.16. The molecule has 0 aliphatic heterocycles. The first-order chi connectivity index (χ1) is 12.3. The lowest BCUT2D eigenvalue weighted by atomic mass is 9.97. The van der Waals surface area contributed by atoms with E-state index in [4.69, 9.17) is 4.42 Å². The van der Waals surface area contributed by atoms with Crippen LogP contribution in [0.3, 0.4) is 0 Å². The molecule has 0 unspecified atom stereocenters. The molecule has 26 heavy (non-hydrogen) atoms. The van der Waals surface area contributed by atoms with Gasteiger partial charge >= 0.3 is 6.01 Å². The summed E-state index contributed by atoms with van der Waals surface area (Å²) in [4.78, 5) is 12.4. The number of hydrogen-bond donors (Lipinski definition) is 1. The number of nitrogens with one attached hydrogen (secondary N) is 1. The largest absolute Gasteiger partial charge is 0.403 e. The van der Waals surface area contributed by atoms with Gasteiger partial charge in [0.15, 0.2) is 0 Å². The quantitative estimate of drug-likeness (QED) is 0.755. The summed E-state index contributed by atoms with van der Waals surface area (Å²) in [6, 6.07) is 10.3. The molecule has 3 rings (SSSR count). The topological polar surface area (TPSA) is 68.0 Å². The number of carbonyl (C=O) groups excluding carboxylic acids is 1. The molecule has 0 aliphatic carbocycles. The van der Waals surface area contributed by atoms with E-state index < -0.39 is 0 Å². The van der Waals surface area contributed by atoms with Crippen LogP contribution in [0.5, 0.6) is 0 Å². The minimum Gasteiger partial charge on any atom is -0.403 e. The van der Waals surface area contributed by atoms with Gasteiger partial charge in [-0.3, -0.25) is 10.1 Å². The maximum Gasteiger partial charge on any atom is 0.322 e. The summed E-state index contributed by atoms with van der Waals surface area (Å²) in [7, 11) is 0. The lowest BCUT2D eigenvalue weighted by Crippen LogP contribution is -2.16. The van der Waals surface area contributed by atoms with E-state index in [-0.39, 0.29) is 18.3 Å². The zero-order valence-electron chi connectivity index (χ0n) is 15.8. The van der Waals surface area contributed by atoms with Crippen LogP contribution in [0.1, 0.15) is 33.4 Å². The Kier molecular flexibility index (Phi) is 4.89. The maximum absolute atomic E-state index is 12.4. The highest BCUT2D eigenvalue weighted by atomic mass is 16.4. The van der Waals surface area contributed by atoms with Crippen molar-refractivity contribution in [2.45, 2.75) is 41.0 Å². The lowest BCUT2D eigenvalue weighted by Gasteiger charge is -2.10. The van der Waals surface area contributed by atoms with Crippen LogP contribution in [-0.4, -0.2) is 16.1 Å². The van der Waals surface area contributed by atoms with E-state index in [2.05, 4.69) is 34.6 Å². The molecule has 0 fully saturated rings. The van der Waals surface area contributed by atoms with Crippen LogP contribution in [0, 0.1) is 34.6 Å². The monoisotopic (exact) mass is 349 g/mol. The number of carbonyl (C=O) groups is 1. The van der Waals surface area contributed by atoms with E-state index in [1.54, 1.807) is 0 Å². The average Bonchev–Trinajstić information content (AvgIpc) is 3.01. The van der Waals surface area contributed by atoms with E-state index in [1.807, 2.05) is 45.9 Å². The molecular weight excluding hydrogens is 326 g/mol. The van der Waals surface area contributed by atoms with Crippen molar-refractivity contribution in [3.8, 4) is 11.5 Å². The molecule has 134 valence electrons. The minimum absolute atomic E-state index is 0.119. The van der Waals surface area contributed by atoms with Crippen molar-refractivity contribution in [2.75, 3.05) is 5.32 Å². The van der Waals surface area contributed by atoms with E-state index >= 15 is 0 Å². The summed E-state index contributed by atoms with van der Waals surface area (Å²) in [6.07, 6.45) is 0.277. The Hall–Kier alpha value is -2.95. The van der Waals surface area contributed by atoms with Gasteiger partial charge < -0.3 is 4.42 Å². The minimum atomic E-state index is -0.170. The molecule has 0 aliphatic rings. The summed E-state index contributed by atoms with van der Waals surface area (Å²) in [5.41, 5.74) is 7.48. The zero-order chi connectivity index (χ0) is 18.8. The number of aromatic nitrogens is 2. The SMILES string of the molecule is Cc1cc(C)c(CC(=O)Nc2nnc(-c3cc(C)ccc3C)o2)c(C)c1. The van der Waals surface area contributed by atoms with Crippen molar-refractivity contribution < 1.29 is 9.21 Å². The molecule has 1 amide bonds. The van der Waals surface area contributed by atoms with Crippen LogP contribution in [0.15, 0.2) is 34.7 Å². The molecule has 1 heterocycles. The fourth-order valence-electron chi connectivity index (χ4n) is 3.16. The Balaban J connectivity index is 1.75. The number of benzene rings is 2. The van der Waals surface area contributed by atoms with Crippen LogP contribution in [0.4, 0.5) is 6.01 Å². The highest BCUT2D eigenvalue weighted by Crippen LogP contribution is 2.25. The normalized spacial score (nSPS) is 10.8. The molecule has 1 N–H and O–H groups in total. The predicted molar refractivity (Wildman–Crippen MR) is 102 cm³/mol. The van der Waals surface area contributed by atoms with E-state index in [1.165, 1.54) is 5.56 Å². The third kappa shape index (κ3) is 3.82. The Morgan fingerprint density at radius 2 is 1.62 bits per heavy atom. The summed E-state index contributed by atoms with van der Waals surface area (Å²) in [5.74, 6) is 0.236. The van der Waals surface area contributed by atoms with Gasteiger partial charge in [0.05, 0.1) is 6.42 Å². The molecule has 0 radical (unpaired) electrons. The van der Waals surface area contributed by atoms with Crippen LogP contribution < -0.4 is 5.32 Å². The molecule has 0 saturated carbocycles. The molecule has 5 nitrogen and oxygen atoms in total. The second-order valence-corrected chi connectivity index (χ2v) is 6.83. The van der Waals surface area contributed by atoms with Crippen LogP contribution >= 0.6 is 0 Å². The van der Waals surface area contributed by atoms with Gasteiger partial charge in [0.1, 0.15) is 0 Å². The Bertz CT molecular complexity index is 950. The van der Waals surface area contributed by atoms with Crippen molar-refractivity contribution in [1.29, 1.82) is 0 Å². The molecule has 1 aromatic heterocycles. The smallest absolute Gasteiger partial charge is 0.322 e. The number of rotatable bonds is 4. The average molecular weight is 349 g/mol. The van der Waals surface area contributed by atoms with Gasteiger partial charge in [0.25, 0.3) is 0 Å². The second-order valence-electron chi connectivity index (χ2n) is 6.83. The Labute approximate surface area is 153 Å². The van der Waals surface area contributed by atoms with Gasteiger partial charge in [-0.25, -0.2) is 0 Å². The maximum atomic E-state index is 12.4. The van der Waals surface area contributed by atoms with Gasteiger partial charge in [0.2, 0.25) is 11.8 Å². The molecule has 0 bridgehead atoms. The van der Waals surface area contributed by atoms with Crippen molar-refractivity contribution in [3.63, 3.8) is 0 Å². The van der Waals surface area contributed by atoms with E-state index in [0.29, 0.717) is 5.89 Å². The summed E-state index contributed by atoms with van der Waals surface area (Å²) >= 11 is 0. The first kappa shape index (κ1) is 17.9. The first-order valence-corrected chi connectivity index (χ1v) is 8.61. The third-order valence-electron chi connectivity index (χ3n) is 4.47. The summed E-state index contributed by atoms with van der Waals surface area (Å²) in [6.45, 7) is 10.1. The van der Waals surface area contributed by atoms with Gasteiger partial charge in [-0.05, 0) is 62.9 Å². The molecule has 3 aromatic rings. The number of amides is 1. The lowest BCUT2D eigenvalue weighted by molar-refractivity contribution is -0.115. The Morgan fingerprint density at radius 1 is 0.923 bits per heavy atom. The molecule has 5 heteroatoms. The molecular formula is C21H23N3O2. The fraction of sp³-hybridized carbons (Fsp3) is 0.286. The second kappa shape index (κ2) is 7.12.